The summed E-state index contributed by atoms with van der Waals surface area (Å²) in [6.07, 6.45) is 5.72. The van der Waals surface area contributed by atoms with Gasteiger partial charge in [0.2, 0.25) is 5.88 Å². The zero-order valence-corrected chi connectivity index (χ0v) is 8.99. The Bertz CT molecular complexity index is 557. The molecule has 0 bridgehead atoms. The molecule has 0 unspecified atom stereocenters. The Hall–Kier alpha value is -2.50. The molecule has 0 spiro atoms. The Labute approximate surface area is 96.9 Å². The summed E-state index contributed by atoms with van der Waals surface area (Å²) in [5, 5.41) is 8.97. The average molecular weight is 231 g/mol. The number of hydrogen-bond acceptors (Lipinski definition) is 5. The molecule has 0 aromatic carbocycles. The fourth-order valence-corrected chi connectivity index (χ4v) is 1.24. The van der Waals surface area contributed by atoms with Gasteiger partial charge in [-0.25, -0.2) is 9.78 Å². The number of ether oxygens (including phenoxy) is 1. The Balaban J connectivity index is 2.37. The Morgan fingerprint density at radius 1 is 1.29 bits per heavy atom. The lowest BCUT2D eigenvalue weighted by molar-refractivity contribution is 0.0694. The minimum Gasteiger partial charge on any atom is -0.478 e. The first-order chi connectivity index (χ1) is 8.18. The smallest absolute Gasteiger partial charge is 0.339 e. The highest BCUT2D eigenvalue weighted by Gasteiger charge is 2.13. The van der Waals surface area contributed by atoms with Gasteiger partial charge >= 0.3 is 5.97 Å². The number of rotatable bonds is 3. The molecule has 86 valence electrons. The van der Waals surface area contributed by atoms with E-state index in [1.54, 1.807) is 6.92 Å². The van der Waals surface area contributed by atoms with Crippen molar-refractivity contribution in [2.45, 2.75) is 6.92 Å². The summed E-state index contributed by atoms with van der Waals surface area (Å²) in [6, 6.07) is 1.36. The summed E-state index contributed by atoms with van der Waals surface area (Å²) in [6.45, 7) is 1.72. The molecule has 0 aliphatic carbocycles. The molecule has 0 saturated carbocycles. The first-order valence-electron chi connectivity index (χ1n) is 4.81. The van der Waals surface area contributed by atoms with Gasteiger partial charge in [0, 0.05) is 18.6 Å². The lowest BCUT2D eigenvalue weighted by Gasteiger charge is -2.07. The molecule has 0 amide bonds. The molecule has 0 fully saturated rings. The molecule has 0 atom stereocenters. The lowest BCUT2D eigenvalue weighted by Crippen LogP contribution is -2.02. The number of carboxylic acid groups (broad SMARTS) is 1. The predicted molar refractivity (Wildman–Crippen MR) is 58.0 cm³/mol. The predicted octanol–water partition coefficient (Wildman–Crippen LogP) is 1.67. The molecule has 0 aliphatic heterocycles. The second-order valence-corrected chi connectivity index (χ2v) is 3.23. The third-order valence-electron chi connectivity index (χ3n) is 2.06. The largest absolute Gasteiger partial charge is 0.478 e. The summed E-state index contributed by atoms with van der Waals surface area (Å²) in [5.74, 6) is -0.671. The van der Waals surface area contributed by atoms with E-state index in [1.807, 2.05) is 0 Å². The molecular formula is C11H9N3O3. The minimum absolute atomic E-state index is 0.0325. The number of aryl methyl sites for hydroxylation is 1. The standard InChI is InChI=1S/C11H9N3O3/c1-7-10(14-5-4-13-7)17-9-6-12-3-2-8(9)11(15)16/h2-6H,1H3,(H,15,16). The number of carboxylic acids is 1. The average Bonchev–Trinajstić information content (AvgIpc) is 2.32. The SMILES string of the molecule is Cc1nccnc1Oc1cnccc1C(=O)O. The van der Waals surface area contributed by atoms with E-state index in [0.717, 1.165) is 0 Å². The van der Waals surface area contributed by atoms with Gasteiger partial charge in [-0.1, -0.05) is 0 Å². The zero-order valence-electron chi connectivity index (χ0n) is 8.99. The number of carbonyl (C=O) groups is 1. The molecule has 2 rings (SSSR count). The van der Waals surface area contributed by atoms with Crippen molar-refractivity contribution in [3.05, 3.63) is 42.1 Å². The van der Waals surface area contributed by atoms with Crippen molar-refractivity contribution in [1.29, 1.82) is 0 Å². The van der Waals surface area contributed by atoms with Crippen LogP contribution in [0.5, 0.6) is 11.6 Å². The molecule has 1 N–H and O–H groups in total. The van der Waals surface area contributed by atoms with Crippen molar-refractivity contribution in [2.75, 3.05) is 0 Å². The van der Waals surface area contributed by atoms with Crippen molar-refractivity contribution < 1.29 is 14.6 Å². The Morgan fingerprint density at radius 3 is 2.76 bits per heavy atom. The van der Waals surface area contributed by atoms with Crippen LogP contribution in [-0.2, 0) is 0 Å². The normalized spacial score (nSPS) is 9.94. The van der Waals surface area contributed by atoms with E-state index in [2.05, 4.69) is 15.0 Å². The number of nitrogens with zero attached hydrogens (tertiary/aromatic N) is 3. The summed E-state index contributed by atoms with van der Waals surface area (Å²) in [7, 11) is 0. The van der Waals surface area contributed by atoms with Crippen molar-refractivity contribution in [3.8, 4) is 11.6 Å². The maximum absolute atomic E-state index is 11.0. The van der Waals surface area contributed by atoms with Crippen LogP contribution >= 0.6 is 0 Å². The lowest BCUT2D eigenvalue weighted by atomic mass is 10.2. The van der Waals surface area contributed by atoms with Crippen LogP contribution < -0.4 is 4.74 Å². The van der Waals surface area contributed by atoms with Crippen molar-refractivity contribution in [1.82, 2.24) is 15.0 Å². The highest BCUT2D eigenvalue weighted by atomic mass is 16.5. The number of hydrogen-bond donors (Lipinski definition) is 1. The summed E-state index contributed by atoms with van der Waals surface area (Å²) < 4.78 is 5.38. The number of aromatic carboxylic acids is 1. The Kier molecular flexibility index (Phi) is 2.95. The molecular weight excluding hydrogens is 222 g/mol. The Morgan fingerprint density at radius 2 is 2.06 bits per heavy atom. The van der Waals surface area contributed by atoms with Crippen LogP contribution in [0.15, 0.2) is 30.9 Å². The molecule has 2 aromatic heterocycles. The van der Waals surface area contributed by atoms with E-state index in [9.17, 15) is 4.79 Å². The van der Waals surface area contributed by atoms with Crippen LogP contribution in [0, 0.1) is 6.92 Å². The fraction of sp³-hybridized carbons (Fsp3) is 0.0909. The first kappa shape index (κ1) is 11.0. The third kappa shape index (κ3) is 2.36. The van der Waals surface area contributed by atoms with Crippen LogP contribution in [0.25, 0.3) is 0 Å². The molecule has 6 heteroatoms. The number of pyridine rings is 1. The van der Waals surface area contributed by atoms with Crippen LogP contribution in [0.1, 0.15) is 16.1 Å². The van der Waals surface area contributed by atoms with Gasteiger partial charge in [0.25, 0.3) is 0 Å². The van der Waals surface area contributed by atoms with Gasteiger partial charge < -0.3 is 9.84 Å². The van der Waals surface area contributed by atoms with E-state index in [0.29, 0.717) is 5.69 Å². The highest BCUT2D eigenvalue weighted by molar-refractivity contribution is 5.90. The fourth-order valence-electron chi connectivity index (χ4n) is 1.24. The van der Waals surface area contributed by atoms with Gasteiger partial charge in [0.1, 0.15) is 5.56 Å². The van der Waals surface area contributed by atoms with E-state index >= 15 is 0 Å². The van der Waals surface area contributed by atoms with Crippen LogP contribution in [0.3, 0.4) is 0 Å². The zero-order chi connectivity index (χ0) is 12.3. The van der Waals surface area contributed by atoms with Crippen molar-refractivity contribution in [2.24, 2.45) is 0 Å². The van der Waals surface area contributed by atoms with Gasteiger partial charge in [-0.05, 0) is 13.0 Å². The second-order valence-electron chi connectivity index (χ2n) is 3.23. The first-order valence-corrected chi connectivity index (χ1v) is 4.81. The monoisotopic (exact) mass is 231 g/mol. The topological polar surface area (TPSA) is 85.2 Å². The van der Waals surface area contributed by atoms with E-state index < -0.39 is 5.97 Å². The van der Waals surface area contributed by atoms with E-state index in [1.165, 1.54) is 30.9 Å². The summed E-state index contributed by atoms with van der Waals surface area (Å²) in [4.78, 5) is 22.7. The highest BCUT2D eigenvalue weighted by Crippen LogP contribution is 2.23. The third-order valence-corrected chi connectivity index (χ3v) is 2.06. The van der Waals surface area contributed by atoms with Crippen molar-refractivity contribution in [3.63, 3.8) is 0 Å². The molecule has 2 aromatic rings. The van der Waals surface area contributed by atoms with E-state index in [-0.39, 0.29) is 17.2 Å². The van der Waals surface area contributed by atoms with Crippen LogP contribution in [-0.4, -0.2) is 26.0 Å². The molecule has 2 heterocycles. The van der Waals surface area contributed by atoms with Gasteiger partial charge in [-0.3, -0.25) is 9.97 Å². The van der Waals surface area contributed by atoms with Gasteiger partial charge in [0.15, 0.2) is 5.75 Å². The van der Waals surface area contributed by atoms with Crippen LogP contribution in [0.2, 0.25) is 0 Å². The van der Waals surface area contributed by atoms with Gasteiger partial charge in [-0.2, -0.15) is 0 Å². The maximum atomic E-state index is 11.0. The van der Waals surface area contributed by atoms with Crippen molar-refractivity contribution >= 4 is 5.97 Å². The van der Waals surface area contributed by atoms with Gasteiger partial charge in [-0.15, -0.1) is 0 Å². The molecule has 0 saturated heterocycles. The quantitative estimate of drug-likeness (QED) is 0.864. The van der Waals surface area contributed by atoms with Crippen LogP contribution in [0.4, 0.5) is 0 Å². The van der Waals surface area contributed by atoms with Gasteiger partial charge in [0.05, 0.1) is 11.9 Å². The maximum Gasteiger partial charge on any atom is 0.339 e. The number of aromatic nitrogens is 3. The molecule has 0 radical (unpaired) electrons. The minimum atomic E-state index is -1.08. The molecule has 0 aliphatic rings. The molecule has 17 heavy (non-hydrogen) atoms. The second kappa shape index (κ2) is 4.56. The summed E-state index contributed by atoms with van der Waals surface area (Å²) in [5.41, 5.74) is 0.609. The summed E-state index contributed by atoms with van der Waals surface area (Å²) >= 11 is 0. The molecule has 6 nitrogen and oxygen atoms in total. The van der Waals surface area contributed by atoms with E-state index in [4.69, 9.17) is 9.84 Å².